The number of aliphatic hydroxyl groups excluding tert-OH is 1. The van der Waals surface area contributed by atoms with E-state index < -0.39 is 42.2 Å². The molecule has 1 unspecified atom stereocenters. The van der Waals surface area contributed by atoms with Gasteiger partial charge in [0.25, 0.3) is 17.7 Å². The number of likely N-dealkylation sites (tertiary alicyclic amines) is 1. The van der Waals surface area contributed by atoms with Crippen LogP contribution < -0.4 is 4.74 Å². The highest BCUT2D eigenvalue weighted by Crippen LogP contribution is 2.34. The molecule has 0 spiro atoms. The number of fused-ring (bicyclic) bond motifs is 1. The number of nitrogens with zero attached hydrogens (tertiary/aromatic N) is 3. The van der Waals surface area contributed by atoms with Crippen molar-refractivity contribution in [3.63, 3.8) is 0 Å². The van der Waals surface area contributed by atoms with Crippen molar-refractivity contribution < 1.29 is 33.8 Å². The van der Waals surface area contributed by atoms with Crippen molar-refractivity contribution in [2.45, 2.75) is 18.9 Å². The predicted octanol–water partition coefficient (Wildman–Crippen LogP) is 0.407. The monoisotopic (exact) mass is 423 g/mol. The zero-order valence-corrected chi connectivity index (χ0v) is 16.2. The second-order valence-corrected chi connectivity index (χ2v) is 6.95. The van der Waals surface area contributed by atoms with Crippen LogP contribution in [0, 0.1) is 0 Å². The summed E-state index contributed by atoms with van der Waals surface area (Å²) in [6.07, 6.45) is 2.73. The summed E-state index contributed by atoms with van der Waals surface area (Å²) in [4.78, 5) is 68.7. The molecule has 2 aromatic rings. The fraction of sp³-hybridized carbons (Fsp3) is 0.238. The Morgan fingerprint density at radius 1 is 1.13 bits per heavy atom. The van der Waals surface area contributed by atoms with Crippen LogP contribution in [0.15, 0.2) is 42.7 Å². The number of benzene rings is 1. The zero-order chi connectivity index (χ0) is 22.1. The van der Waals surface area contributed by atoms with Crippen LogP contribution >= 0.6 is 0 Å². The van der Waals surface area contributed by atoms with E-state index in [0.29, 0.717) is 0 Å². The molecule has 0 radical (unpaired) electrons. The minimum atomic E-state index is -1.18. The number of hydrogen-bond acceptors (Lipinski definition) is 8. The molecule has 1 aromatic carbocycles. The van der Waals surface area contributed by atoms with Crippen molar-refractivity contribution in [3.8, 4) is 5.75 Å². The topological polar surface area (TPSA) is 134 Å². The number of esters is 1. The second kappa shape index (κ2) is 8.07. The molecule has 4 amide bonds. The third-order valence-corrected chi connectivity index (χ3v) is 5.13. The summed E-state index contributed by atoms with van der Waals surface area (Å²) < 4.78 is 5.34. The third-order valence-electron chi connectivity index (χ3n) is 5.13. The fourth-order valence-corrected chi connectivity index (χ4v) is 3.68. The van der Waals surface area contributed by atoms with Crippen LogP contribution in [0.2, 0.25) is 0 Å². The molecule has 4 rings (SSSR count). The van der Waals surface area contributed by atoms with Crippen LogP contribution in [-0.4, -0.2) is 68.7 Å². The number of ether oxygens (including phenoxy) is 1. The minimum absolute atomic E-state index is 0.0000973. The number of aromatic nitrogens is 1. The number of amides is 4. The summed E-state index contributed by atoms with van der Waals surface area (Å²) in [5.74, 6) is -3.57. The minimum Gasteiger partial charge on any atom is -0.422 e. The number of carbonyl (C=O) groups excluding carboxylic acids is 5. The lowest BCUT2D eigenvalue weighted by Crippen LogP contribution is -2.56. The highest BCUT2D eigenvalue weighted by Gasteiger charge is 2.48. The van der Waals surface area contributed by atoms with Gasteiger partial charge >= 0.3 is 5.97 Å². The Morgan fingerprint density at radius 3 is 2.65 bits per heavy atom. The van der Waals surface area contributed by atoms with E-state index in [1.807, 2.05) is 0 Å². The van der Waals surface area contributed by atoms with Crippen molar-refractivity contribution in [2.24, 2.45) is 0 Å². The first-order chi connectivity index (χ1) is 14.9. The van der Waals surface area contributed by atoms with Gasteiger partial charge in [0.2, 0.25) is 5.91 Å². The smallest absolute Gasteiger partial charge is 0.345 e. The SMILES string of the molecule is O=C(Oc1cccc2c1C(=O)N(C1CCC(=O)N(CCO)C1=O)C2=O)c1cccnc1. The Kier molecular flexibility index (Phi) is 5.30. The number of imide groups is 2. The average Bonchev–Trinajstić information content (AvgIpc) is 3.03. The van der Waals surface area contributed by atoms with E-state index in [2.05, 4.69) is 4.98 Å². The van der Waals surface area contributed by atoms with E-state index >= 15 is 0 Å². The highest BCUT2D eigenvalue weighted by molar-refractivity contribution is 6.24. The molecule has 1 N–H and O–H groups in total. The van der Waals surface area contributed by atoms with Gasteiger partial charge in [-0.05, 0) is 30.7 Å². The lowest BCUT2D eigenvalue weighted by atomic mass is 10.0. The summed E-state index contributed by atoms with van der Waals surface area (Å²) in [6, 6.07) is 6.11. The molecular weight excluding hydrogens is 406 g/mol. The molecule has 3 heterocycles. The number of carbonyl (C=O) groups is 5. The standard InChI is InChI=1S/C21H17N3O7/c25-10-9-23-16(26)7-6-14(19(23)28)24-18(27)13-4-1-5-15(17(13)20(24)29)31-21(30)12-3-2-8-22-11-12/h1-5,8,11,14,25H,6-7,9-10H2. The Hall–Kier alpha value is -3.92. The summed E-state index contributed by atoms with van der Waals surface area (Å²) in [7, 11) is 0. The van der Waals surface area contributed by atoms with Crippen molar-refractivity contribution >= 4 is 29.6 Å². The first-order valence-electron chi connectivity index (χ1n) is 9.52. The third kappa shape index (κ3) is 3.46. The van der Waals surface area contributed by atoms with Gasteiger partial charge in [-0.2, -0.15) is 0 Å². The molecule has 10 heteroatoms. The Morgan fingerprint density at radius 2 is 1.94 bits per heavy atom. The Balaban J connectivity index is 1.64. The van der Waals surface area contributed by atoms with Gasteiger partial charge < -0.3 is 9.84 Å². The van der Waals surface area contributed by atoms with Crippen LogP contribution in [0.25, 0.3) is 0 Å². The van der Waals surface area contributed by atoms with E-state index in [4.69, 9.17) is 9.84 Å². The van der Waals surface area contributed by atoms with Crippen molar-refractivity contribution in [1.29, 1.82) is 0 Å². The van der Waals surface area contributed by atoms with Crippen molar-refractivity contribution in [2.75, 3.05) is 13.2 Å². The predicted molar refractivity (Wildman–Crippen MR) is 103 cm³/mol. The first-order valence-corrected chi connectivity index (χ1v) is 9.52. The lowest BCUT2D eigenvalue weighted by Gasteiger charge is -2.34. The maximum absolute atomic E-state index is 13.1. The van der Waals surface area contributed by atoms with E-state index in [0.717, 1.165) is 9.80 Å². The van der Waals surface area contributed by atoms with Gasteiger partial charge in [0.15, 0.2) is 0 Å². The second-order valence-electron chi connectivity index (χ2n) is 6.95. The average molecular weight is 423 g/mol. The van der Waals surface area contributed by atoms with Crippen LogP contribution in [0.3, 0.4) is 0 Å². The van der Waals surface area contributed by atoms with Gasteiger partial charge in [-0.25, -0.2) is 4.79 Å². The fourth-order valence-electron chi connectivity index (χ4n) is 3.68. The molecule has 158 valence electrons. The largest absolute Gasteiger partial charge is 0.422 e. The van der Waals surface area contributed by atoms with E-state index in [-0.39, 0.29) is 41.8 Å². The highest BCUT2D eigenvalue weighted by atomic mass is 16.5. The molecule has 0 saturated carbocycles. The quantitative estimate of drug-likeness (QED) is 0.415. The number of aliphatic hydroxyl groups is 1. The number of hydrogen-bond donors (Lipinski definition) is 1. The lowest BCUT2D eigenvalue weighted by molar-refractivity contribution is -0.152. The van der Waals surface area contributed by atoms with Gasteiger partial charge in [0.1, 0.15) is 11.8 Å². The summed E-state index contributed by atoms with van der Waals surface area (Å²) in [5, 5.41) is 9.12. The van der Waals surface area contributed by atoms with Crippen LogP contribution in [0.4, 0.5) is 0 Å². The number of piperidine rings is 1. The van der Waals surface area contributed by atoms with Crippen LogP contribution in [0.1, 0.15) is 43.9 Å². The van der Waals surface area contributed by atoms with Gasteiger partial charge in [-0.15, -0.1) is 0 Å². The molecule has 1 fully saturated rings. The molecule has 1 atom stereocenters. The molecule has 1 saturated heterocycles. The summed E-state index contributed by atoms with van der Waals surface area (Å²) >= 11 is 0. The summed E-state index contributed by atoms with van der Waals surface area (Å²) in [5.41, 5.74) is 0.0393. The van der Waals surface area contributed by atoms with E-state index in [9.17, 15) is 24.0 Å². The van der Waals surface area contributed by atoms with E-state index in [1.54, 1.807) is 6.07 Å². The summed E-state index contributed by atoms with van der Waals surface area (Å²) in [6.45, 7) is -0.647. The maximum Gasteiger partial charge on any atom is 0.345 e. The van der Waals surface area contributed by atoms with Gasteiger partial charge in [0, 0.05) is 18.8 Å². The van der Waals surface area contributed by atoms with E-state index in [1.165, 1.54) is 36.7 Å². The molecule has 0 bridgehead atoms. The van der Waals surface area contributed by atoms with Crippen LogP contribution in [-0.2, 0) is 9.59 Å². The van der Waals surface area contributed by atoms with Gasteiger partial charge in [-0.3, -0.25) is 34.0 Å². The normalized spacial score (nSPS) is 18.4. The molecule has 2 aliphatic rings. The molecular formula is C21H17N3O7. The first kappa shape index (κ1) is 20.4. The van der Waals surface area contributed by atoms with Gasteiger partial charge in [0.05, 0.1) is 29.8 Å². The molecule has 31 heavy (non-hydrogen) atoms. The Labute approximate surface area is 176 Å². The molecule has 0 aliphatic carbocycles. The number of rotatable bonds is 5. The van der Waals surface area contributed by atoms with Crippen molar-refractivity contribution in [3.05, 3.63) is 59.4 Å². The number of pyridine rings is 1. The number of β-amino-alcohol motifs (C(OH)–C–C–N with tert-alkyl or cyclic N) is 1. The maximum atomic E-state index is 13.1. The van der Waals surface area contributed by atoms with Gasteiger partial charge in [-0.1, -0.05) is 6.07 Å². The Bertz CT molecular complexity index is 1100. The van der Waals surface area contributed by atoms with Crippen molar-refractivity contribution in [1.82, 2.24) is 14.8 Å². The van der Waals surface area contributed by atoms with Crippen LogP contribution in [0.5, 0.6) is 5.75 Å². The zero-order valence-electron chi connectivity index (χ0n) is 16.2. The molecule has 1 aromatic heterocycles. The molecule has 10 nitrogen and oxygen atoms in total. The molecule has 2 aliphatic heterocycles.